The molecule has 2 aromatic heterocycles. The predicted molar refractivity (Wildman–Crippen MR) is 100 cm³/mol. The normalized spacial score (nSPS) is 11.0. The summed E-state index contributed by atoms with van der Waals surface area (Å²) in [4.78, 5) is 12.5. The minimum atomic E-state index is -0.623. The highest BCUT2D eigenvalue weighted by molar-refractivity contribution is 9.10. The van der Waals surface area contributed by atoms with Crippen molar-refractivity contribution in [1.82, 2.24) is 15.0 Å². The second-order valence-corrected chi connectivity index (χ2v) is 7.04. The van der Waals surface area contributed by atoms with Gasteiger partial charge >= 0.3 is 0 Å². The van der Waals surface area contributed by atoms with Gasteiger partial charge in [0.05, 0.1) is 5.39 Å². The summed E-state index contributed by atoms with van der Waals surface area (Å²) in [6.07, 6.45) is 4.20. The third-order valence-electron chi connectivity index (χ3n) is 3.40. The van der Waals surface area contributed by atoms with E-state index in [1.165, 1.54) is 17.3 Å². The van der Waals surface area contributed by atoms with Gasteiger partial charge in [-0.15, -0.1) is 0 Å². The van der Waals surface area contributed by atoms with E-state index in [1.807, 2.05) is 24.5 Å². The SMILES string of the molecule is CSc1ncc2c(NCCc3cccc(Br)c3)nc(Cl)c(F)c2n1. The molecule has 0 aliphatic rings. The van der Waals surface area contributed by atoms with E-state index in [0.717, 1.165) is 10.9 Å². The fraction of sp³-hybridized carbons (Fsp3) is 0.188. The van der Waals surface area contributed by atoms with E-state index in [4.69, 9.17) is 11.6 Å². The number of thioether (sulfide) groups is 1. The van der Waals surface area contributed by atoms with Crippen molar-refractivity contribution >= 4 is 56.0 Å². The van der Waals surface area contributed by atoms with Gasteiger partial charge in [-0.2, -0.15) is 0 Å². The lowest BCUT2D eigenvalue weighted by Gasteiger charge is -2.10. The number of pyridine rings is 1. The third-order valence-corrected chi connectivity index (χ3v) is 4.70. The monoisotopic (exact) mass is 426 g/mol. The Labute approximate surface area is 156 Å². The predicted octanol–water partition coefficient (Wildman–Crippen LogP) is 4.96. The first kappa shape index (κ1) is 17.4. The molecule has 4 nitrogen and oxygen atoms in total. The number of halogens is 3. The number of rotatable bonds is 5. The average Bonchev–Trinajstić information content (AvgIpc) is 2.59. The van der Waals surface area contributed by atoms with Gasteiger partial charge in [0.2, 0.25) is 0 Å². The van der Waals surface area contributed by atoms with Crippen molar-refractivity contribution in [1.29, 1.82) is 0 Å². The summed E-state index contributed by atoms with van der Waals surface area (Å²) in [5.41, 5.74) is 1.36. The van der Waals surface area contributed by atoms with Crippen molar-refractivity contribution < 1.29 is 4.39 Å². The van der Waals surface area contributed by atoms with Crippen molar-refractivity contribution in [2.45, 2.75) is 11.6 Å². The van der Waals surface area contributed by atoms with Crippen molar-refractivity contribution in [2.75, 3.05) is 18.1 Å². The molecule has 1 aromatic carbocycles. The molecule has 124 valence electrons. The van der Waals surface area contributed by atoms with Gasteiger partial charge in [0.1, 0.15) is 11.3 Å². The van der Waals surface area contributed by atoms with Crippen molar-refractivity contribution in [3.63, 3.8) is 0 Å². The summed E-state index contributed by atoms with van der Waals surface area (Å²) >= 11 is 10.7. The molecule has 0 aliphatic carbocycles. The Kier molecular flexibility index (Phi) is 5.53. The first-order valence-corrected chi connectivity index (χ1v) is 9.52. The summed E-state index contributed by atoms with van der Waals surface area (Å²) < 4.78 is 15.2. The Balaban J connectivity index is 1.85. The van der Waals surface area contributed by atoms with Gasteiger partial charge in [0, 0.05) is 17.2 Å². The maximum absolute atomic E-state index is 14.2. The van der Waals surface area contributed by atoms with Gasteiger partial charge in [-0.05, 0) is 30.4 Å². The summed E-state index contributed by atoms with van der Waals surface area (Å²) in [5, 5.41) is 4.01. The Morgan fingerprint density at radius 1 is 1.33 bits per heavy atom. The van der Waals surface area contributed by atoms with Gasteiger partial charge in [0.25, 0.3) is 0 Å². The zero-order valence-corrected chi connectivity index (χ0v) is 15.8. The van der Waals surface area contributed by atoms with Gasteiger partial charge < -0.3 is 5.32 Å². The smallest absolute Gasteiger partial charge is 0.187 e. The molecule has 8 heteroatoms. The Bertz CT molecular complexity index is 893. The number of hydrogen-bond donors (Lipinski definition) is 1. The molecule has 0 bridgehead atoms. The fourth-order valence-corrected chi connectivity index (χ4v) is 3.22. The molecule has 0 atom stereocenters. The van der Waals surface area contributed by atoms with Crippen LogP contribution in [0.5, 0.6) is 0 Å². The van der Waals surface area contributed by atoms with Crippen LogP contribution >= 0.6 is 39.3 Å². The number of nitrogens with zero attached hydrogens (tertiary/aromatic N) is 3. The molecule has 0 fully saturated rings. The molecule has 0 saturated carbocycles. The van der Waals surface area contributed by atoms with E-state index in [-0.39, 0.29) is 10.7 Å². The zero-order valence-electron chi connectivity index (χ0n) is 12.7. The Hall–Kier alpha value is -1.44. The number of hydrogen-bond acceptors (Lipinski definition) is 5. The maximum Gasteiger partial charge on any atom is 0.187 e. The first-order valence-electron chi connectivity index (χ1n) is 7.12. The maximum atomic E-state index is 14.2. The molecular weight excluding hydrogens is 415 g/mol. The van der Waals surface area contributed by atoms with Crippen LogP contribution in [0.4, 0.5) is 10.2 Å². The van der Waals surface area contributed by atoms with E-state index in [9.17, 15) is 4.39 Å². The minimum Gasteiger partial charge on any atom is -0.369 e. The number of nitrogens with one attached hydrogen (secondary N) is 1. The van der Waals surface area contributed by atoms with Crippen LogP contribution in [0, 0.1) is 5.82 Å². The quantitative estimate of drug-likeness (QED) is 0.354. The molecule has 2 heterocycles. The highest BCUT2D eigenvalue weighted by Gasteiger charge is 2.15. The van der Waals surface area contributed by atoms with Gasteiger partial charge in [-0.25, -0.2) is 19.3 Å². The number of benzene rings is 1. The fourth-order valence-electron chi connectivity index (χ4n) is 2.26. The van der Waals surface area contributed by atoms with Crippen LogP contribution < -0.4 is 5.32 Å². The summed E-state index contributed by atoms with van der Waals surface area (Å²) in [6.45, 7) is 0.630. The third kappa shape index (κ3) is 3.79. The molecule has 0 radical (unpaired) electrons. The topological polar surface area (TPSA) is 50.7 Å². The Morgan fingerprint density at radius 3 is 2.92 bits per heavy atom. The van der Waals surface area contributed by atoms with Crippen molar-refractivity contribution in [2.24, 2.45) is 0 Å². The molecular formula is C16H13BrClFN4S. The molecule has 0 unspecified atom stereocenters. The summed E-state index contributed by atoms with van der Waals surface area (Å²) in [6, 6.07) is 8.06. The molecule has 0 aliphatic heterocycles. The number of aromatic nitrogens is 3. The van der Waals surface area contributed by atoms with E-state index in [0.29, 0.717) is 22.9 Å². The van der Waals surface area contributed by atoms with E-state index in [2.05, 4.69) is 42.3 Å². The molecule has 24 heavy (non-hydrogen) atoms. The van der Waals surface area contributed by atoms with E-state index >= 15 is 0 Å². The largest absolute Gasteiger partial charge is 0.369 e. The van der Waals surface area contributed by atoms with Crippen molar-refractivity contribution in [3.05, 3.63) is 51.5 Å². The molecule has 0 saturated heterocycles. The second kappa shape index (κ2) is 7.63. The average molecular weight is 428 g/mol. The lowest BCUT2D eigenvalue weighted by Crippen LogP contribution is -2.08. The van der Waals surface area contributed by atoms with Crippen LogP contribution in [0.1, 0.15) is 5.56 Å². The van der Waals surface area contributed by atoms with Gasteiger partial charge in [-0.3, -0.25) is 0 Å². The molecule has 0 amide bonds. The summed E-state index contributed by atoms with van der Waals surface area (Å²) in [7, 11) is 0. The second-order valence-electron chi connectivity index (χ2n) is 4.99. The summed E-state index contributed by atoms with van der Waals surface area (Å²) in [5.74, 6) is -0.138. The van der Waals surface area contributed by atoms with Crippen LogP contribution in [0.3, 0.4) is 0 Å². The molecule has 0 spiro atoms. The van der Waals surface area contributed by atoms with E-state index < -0.39 is 5.82 Å². The minimum absolute atomic E-state index is 0.180. The molecule has 1 N–H and O–H groups in total. The highest BCUT2D eigenvalue weighted by Crippen LogP contribution is 2.28. The first-order chi connectivity index (χ1) is 11.6. The molecule has 3 rings (SSSR count). The van der Waals surface area contributed by atoms with Crippen LogP contribution in [-0.4, -0.2) is 27.8 Å². The van der Waals surface area contributed by atoms with Gasteiger partial charge in [-0.1, -0.05) is 51.4 Å². The van der Waals surface area contributed by atoms with Crippen LogP contribution in [0.15, 0.2) is 40.1 Å². The van der Waals surface area contributed by atoms with Crippen molar-refractivity contribution in [3.8, 4) is 0 Å². The Morgan fingerprint density at radius 2 is 2.17 bits per heavy atom. The van der Waals surface area contributed by atoms with Crippen LogP contribution in [0.25, 0.3) is 10.9 Å². The lowest BCUT2D eigenvalue weighted by atomic mass is 10.1. The molecule has 3 aromatic rings. The number of fused-ring (bicyclic) bond motifs is 1. The number of anilines is 1. The standard InChI is InChI=1S/C16H13BrClFN4S/c1-24-16-21-8-11-13(22-16)12(19)14(18)23-15(11)20-6-5-9-3-2-4-10(17)7-9/h2-4,7-8H,5-6H2,1H3,(H,20,23). The highest BCUT2D eigenvalue weighted by atomic mass is 79.9. The van der Waals surface area contributed by atoms with E-state index in [1.54, 1.807) is 6.20 Å². The van der Waals surface area contributed by atoms with Crippen LogP contribution in [0.2, 0.25) is 5.15 Å². The van der Waals surface area contributed by atoms with Crippen LogP contribution in [-0.2, 0) is 6.42 Å². The lowest BCUT2D eigenvalue weighted by molar-refractivity contribution is 0.629. The van der Waals surface area contributed by atoms with Gasteiger partial charge in [0.15, 0.2) is 16.1 Å². The zero-order chi connectivity index (χ0) is 17.1.